The minimum absolute atomic E-state index is 0.0100. The van der Waals surface area contributed by atoms with Crippen molar-refractivity contribution in [1.82, 2.24) is 10.6 Å². The Morgan fingerprint density at radius 2 is 1.57 bits per heavy atom. The van der Waals surface area contributed by atoms with E-state index in [9.17, 15) is 9.59 Å². The smallest absolute Gasteiger partial charge is 0.251 e. The molecule has 2 aromatic carbocycles. The lowest BCUT2D eigenvalue weighted by atomic mass is 9.79. The number of ether oxygens (including phenoxy) is 2. The Hall–Kier alpha value is -3.22. The minimum atomic E-state index is -0.235. The van der Waals surface area contributed by atoms with Crippen LogP contribution in [0.15, 0.2) is 36.4 Å². The van der Waals surface area contributed by atoms with Crippen LogP contribution in [0.2, 0.25) is 0 Å². The van der Waals surface area contributed by atoms with Crippen LogP contribution < -0.4 is 25.4 Å². The number of hydrogen-bond acceptors (Lipinski definition) is 5. The third-order valence-electron chi connectivity index (χ3n) is 6.81. The highest BCUT2D eigenvalue weighted by molar-refractivity contribution is 5.95. The Kier molecular flexibility index (Phi) is 9.82. The maximum absolute atomic E-state index is 13.2. The van der Waals surface area contributed by atoms with Gasteiger partial charge in [-0.1, -0.05) is 19.3 Å². The highest BCUT2D eigenvalue weighted by Gasteiger charge is 2.30. The number of methoxy groups -OCH3 is 2. The summed E-state index contributed by atoms with van der Waals surface area (Å²) in [6.07, 6.45) is 5.54. The first kappa shape index (κ1) is 26.4. The van der Waals surface area contributed by atoms with E-state index in [0.717, 1.165) is 54.0 Å². The molecule has 7 nitrogen and oxygen atoms in total. The lowest BCUT2D eigenvalue weighted by Gasteiger charge is -2.29. The summed E-state index contributed by atoms with van der Waals surface area (Å²) in [5, 5.41) is 9.42. The van der Waals surface area contributed by atoms with Crippen LogP contribution in [0, 0.1) is 25.7 Å². The molecule has 3 N–H and O–H groups in total. The summed E-state index contributed by atoms with van der Waals surface area (Å²) >= 11 is 0. The van der Waals surface area contributed by atoms with E-state index in [2.05, 4.69) is 16.0 Å². The number of rotatable bonds is 11. The number of hydrogen-bond donors (Lipinski definition) is 3. The van der Waals surface area contributed by atoms with Gasteiger partial charge in [-0.15, -0.1) is 0 Å². The van der Waals surface area contributed by atoms with Gasteiger partial charge in [0.1, 0.15) is 11.5 Å². The third kappa shape index (κ3) is 7.38. The number of nitrogens with one attached hydrogen (secondary N) is 3. The maximum atomic E-state index is 13.2. The fourth-order valence-electron chi connectivity index (χ4n) is 4.95. The van der Waals surface area contributed by atoms with Crippen molar-refractivity contribution in [2.24, 2.45) is 11.8 Å². The van der Waals surface area contributed by atoms with Crippen molar-refractivity contribution in [2.45, 2.75) is 46.0 Å². The van der Waals surface area contributed by atoms with Gasteiger partial charge < -0.3 is 25.4 Å². The quantitative estimate of drug-likeness (QED) is 0.412. The van der Waals surface area contributed by atoms with Gasteiger partial charge in [-0.05, 0) is 80.1 Å². The topological polar surface area (TPSA) is 88.7 Å². The number of amides is 2. The number of benzene rings is 2. The van der Waals surface area contributed by atoms with Crippen LogP contribution >= 0.6 is 0 Å². The van der Waals surface area contributed by atoms with E-state index in [1.807, 2.05) is 50.2 Å². The molecule has 0 radical (unpaired) electrons. The molecule has 0 saturated heterocycles. The number of aryl methyl sites for hydroxylation is 2. The van der Waals surface area contributed by atoms with E-state index in [4.69, 9.17) is 9.47 Å². The van der Waals surface area contributed by atoms with E-state index >= 15 is 0 Å². The molecule has 2 amide bonds. The van der Waals surface area contributed by atoms with Gasteiger partial charge in [-0.2, -0.15) is 0 Å². The van der Waals surface area contributed by atoms with Crippen LogP contribution in [-0.4, -0.2) is 45.7 Å². The van der Waals surface area contributed by atoms with E-state index in [0.29, 0.717) is 25.2 Å². The van der Waals surface area contributed by atoms with Gasteiger partial charge in [0, 0.05) is 30.9 Å². The Labute approximate surface area is 209 Å². The summed E-state index contributed by atoms with van der Waals surface area (Å²) in [7, 11) is 3.27. The molecule has 0 heterocycles. The fraction of sp³-hybridized carbons (Fsp3) is 0.500. The number of carbonyl (C=O) groups excluding carboxylic acids is 2. The van der Waals surface area contributed by atoms with Crippen LogP contribution in [0.5, 0.6) is 11.5 Å². The van der Waals surface area contributed by atoms with Crippen LogP contribution in [-0.2, 0) is 4.79 Å². The summed E-state index contributed by atoms with van der Waals surface area (Å²) in [6, 6.07) is 11.4. The van der Waals surface area contributed by atoms with E-state index in [1.54, 1.807) is 14.2 Å². The monoisotopic (exact) mass is 481 g/mol. The van der Waals surface area contributed by atoms with Crippen molar-refractivity contribution in [3.8, 4) is 11.5 Å². The normalized spacial score (nSPS) is 14.6. The molecule has 1 unspecified atom stereocenters. The molecule has 0 spiro atoms. The van der Waals surface area contributed by atoms with Crippen LogP contribution in [0.1, 0.15) is 53.6 Å². The molecule has 1 saturated carbocycles. The predicted octanol–water partition coefficient (Wildman–Crippen LogP) is 4.48. The van der Waals surface area contributed by atoms with Crippen LogP contribution in [0.3, 0.4) is 0 Å². The van der Waals surface area contributed by atoms with Crippen molar-refractivity contribution < 1.29 is 19.1 Å². The first-order valence-corrected chi connectivity index (χ1v) is 12.5. The molecular weight excluding hydrogens is 442 g/mol. The third-order valence-corrected chi connectivity index (χ3v) is 6.81. The Bertz CT molecular complexity index is 961. The van der Waals surface area contributed by atoms with Crippen molar-refractivity contribution in [3.63, 3.8) is 0 Å². The summed E-state index contributed by atoms with van der Waals surface area (Å²) in [5.41, 5.74) is 3.40. The van der Waals surface area contributed by atoms with Gasteiger partial charge in [-0.25, -0.2) is 0 Å². The highest BCUT2D eigenvalue weighted by atomic mass is 16.5. The fourth-order valence-corrected chi connectivity index (χ4v) is 4.95. The van der Waals surface area contributed by atoms with Gasteiger partial charge in [0.15, 0.2) is 0 Å². The van der Waals surface area contributed by atoms with Crippen molar-refractivity contribution in [3.05, 3.63) is 53.1 Å². The summed E-state index contributed by atoms with van der Waals surface area (Å²) in [6.45, 7) is 5.33. The Morgan fingerprint density at radius 1 is 0.914 bits per heavy atom. The molecule has 7 heteroatoms. The van der Waals surface area contributed by atoms with E-state index in [1.165, 1.54) is 6.42 Å². The predicted molar refractivity (Wildman–Crippen MR) is 139 cm³/mol. The lowest BCUT2D eigenvalue weighted by molar-refractivity contribution is -0.126. The molecule has 0 bridgehead atoms. The average Bonchev–Trinajstić information content (AvgIpc) is 2.87. The second kappa shape index (κ2) is 13.0. The highest BCUT2D eigenvalue weighted by Crippen LogP contribution is 2.30. The Morgan fingerprint density at radius 3 is 2.17 bits per heavy atom. The molecule has 190 valence electrons. The van der Waals surface area contributed by atoms with Crippen LogP contribution in [0.25, 0.3) is 0 Å². The molecule has 0 aliphatic heterocycles. The molecule has 1 aliphatic carbocycles. The van der Waals surface area contributed by atoms with Gasteiger partial charge in [0.05, 0.1) is 20.1 Å². The Balaban J connectivity index is 1.56. The molecule has 1 fully saturated rings. The first-order valence-electron chi connectivity index (χ1n) is 12.5. The first-order chi connectivity index (χ1) is 16.9. The zero-order valence-electron chi connectivity index (χ0n) is 21.4. The van der Waals surface area contributed by atoms with E-state index in [-0.39, 0.29) is 23.7 Å². The molecule has 3 rings (SSSR count). The lowest BCUT2D eigenvalue weighted by Crippen LogP contribution is -2.44. The van der Waals surface area contributed by atoms with Crippen molar-refractivity contribution >= 4 is 17.5 Å². The van der Waals surface area contributed by atoms with Gasteiger partial charge in [-0.3, -0.25) is 9.59 Å². The summed E-state index contributed by atoms with van der Waals surface area (Å²) in [4.78, 5) is 26.1. The van der Waals surface area contributed by atoms with Gasteiger partial charge in [0.25, 0.3) is 5.91 Å². The van der Waals surface area contributed by atoms with Crippen LogP contribution in [0.4, 0.5) is 5.69 Å². The standard InChI is InChI=1S/C28H39N3O4/c1-19-16-22(17-20(2)26(19)35-4)27(32)31-18-25(21-8-6-5-7-9-21)28(33)30-15-14-29-23-10-12-24(34-3)13-11-23/h10-13,16-17,21,25,29H,5-9,14-15,18H2,1-4H3,(H,30,33)(H,31,32). The summed E-state index contributed by atoms with van der Waals surface area (Å²) in [5.74, 6) is 1.51. The van der Waals surface area contributed by atoms with Crippen molar-refractivity contribution in [2.75, 3.05) is 39.2 Å². The molecule has 0 aromatic heterocycles. The molecule has 35 heavy (non-hydrogen) atoms. The summed E-state index contributed by atoms with van der Waals surface area (Å²) < 4.78 is 10.6. The number of anilines is 1. The zero-order chi connectivity index (χ0) is 25.2. The minimum Gasteiger partial charge on any atom is -0.497 e. The van der Waals surface area contributed by atoms with Gasteiger partial charge in [0.2, 0.25) is 5.91 Å². The molecule has 1 aliphatic rings. The maximum Gasteiger partial charge on any atom is 0.251 e. The van der Waals surface area contributed by atoms with Gasteiger partial charge >= 0.3 is 0 Å². The molecule has 2 aromatic rings. The van der Waals surface area contributed by atoms with E-state index < -0.39 is 0 Å². The number of carbonyl (C=O) groups is 2. The zero-order valence-corrected chi connectivity index (χ0v) is 21.4. The van der Waals surface area contributed by atoms with Crippen molar-refractivity contribution in [1.29, 1.82) is 0 Å². The SMILES string of the molecule is COc1ccc(NCCNC(=O)C(CNC(=O)c2cc(C)c(OC)c(C)c2)C2CCCCC2)cc1. The molecular formula is C28H39N3O4. The largest absolute Gasteiger partial charge is 0.497 e. The molecule has 1 atom stereocenters. The second-order valence-corrected chi connectivity index (χ2v) is 9.30. The second-order valence-electron chi connectivity index (χ2n) is 9.30. The average molecular weight is 482 g/mol.